The summed E-state index contributed by atoms with van der Waals surface area (Å²) in [6.07, 6.45) is 23.3. The monoisotopic (exact) mass is 788 g/mol. The van der Waals surface area contributed by atoms with Crippen LogP contribution in [0.4, 0.5) is 0 Å². The molecule has 0 aromatic carbocycles. The van der Waals surface area contributed by atoms with Crippen molar-refractivity contribution in [2.75, 3.05) is 6.61 Å². The summed E-state index contributed by atoms with van der Waals surface area (Å²) < 4.78 is 26.2. The van der Waals surface area contributed by atoms with Gasteiger partial charge in [0.2, 0.25) is 0 Å². The fraction of sp³-hybridized carbons (Fsp3) is 0.939. The van der Waals surface area contributed by atoms with E-state index < -0.39 is 43.1 Å². The highest BCUT2D eigenvalue weighted by atomic mass is 16.7. The molecule has 56 heavy (non-hydrogen) atoms. The van der Waals surface area contributed by atoms with Crippen LogP contribution in [0.2, 0.25) is 0 Å². The largest absolute Gasteiger partial charge is 0.463 e. The van der Waals surface area contributed by atoms with Crippen LogP contribution in [0.1, 0.15) is 203 Å². The molecule has 7 nitrogen and oxygen atoms in total. The van der Waals surface area contributed by atoms with E-state index in [0.29, 0.717) is 17.8 Å². The van der Waals surface area contributed by atoms with Gasteiger partial charge in [0.05, 0.1) is 6.10 Å². The van der Waals surface area contributed by atoms with Crippen LogP contribution in [-0.2, 0) is 19.0 Å². The molecule has 0 bridgehead atoms. The van der Waals surface area contributed by atoms with Gasteiger partial charge in [-0.25, -0.2) is 0 Å². The zero-order valence-corrected chi connectivity index (χ0v) is 36.7. The molecule has 1 heterocycles. The standard InChI is InChI=1S/C49H86O7/c1-7-8-9-10-11-12-13-14-15-16-17-18-19-23-43(50)54-33-42-44(51)45(52)46(53)47(56-42)55-37-28-30-48(5)36(32-37)24-25-38-40-27-26-39(35(4)22-20-21-34(2)3)49(40,6)31-29-41(38)48/h24,34-35,37-42,44-47,51-53H,7-23,25-33H2,1-6H3/t35-,37+,38+,39-,40+,41+,42-,44+,45+,46-,47?,48+,49-/m1/s1/i23D/t23?,35-,37+,38+,39-,40+,41+,42-,44+,45+,46-,47?,48+,49-. The van der Waals surface area contributed by atoms with Crippen LogP contribution >= 0.6 is 0 Å². The highest BCUT2D eigenvalue weighted by Crippen LogP contribution is 2.67. The maximum Gasteiger partial charge on any atom is 0.305 e. The molecule has 0 aromatic heterocycles. The number of rotatable bonds is 23. The molecule has 0 spiro atoms. The molecule has 7 heteroatoms. The van der Waals surface area contributed by atoms with E-state index in [0.717, 1.165) is 74.5 Å². The lowest BCUT2D eigenvalue weighted by molar-refractivity contribution is -0.313. The predicted octanol–water partition coefficient (Wildman–Crippen LogP) is 11.2. The third-order valence-corrected chi connectivity index (χ3v) is 16.0. The van der Waals surface area contributed by atoms with Crippen LogP contribution in [0.25, 0.3) is 0 Å². The molecule has 0 radical (unpaired) electrons. The van der Waals surface area contributed by atoms with Crippen molar-refractivity contribution in [3.8, 4) is 0 Å². The smallest absolute Gasteiger partial charge is 0.305 e. The third kappa shape index (κ3) is 11.6. The lowest BCUT2D eigenvalue weighted by atomic mass is 9.47. The summed E-state index contributed by atoms with van der Waals surface area (Å²) in [7, 11) is 0. The number of ether oxygens (including phenoxy) is 3. The SMILES string of the molecule is [2H]C(CCCCCCCCCCCCCC)C(=O)OC[C@H]1OC(O[C@H]2CC[C@@]3(C)C(=CC[C@H]4[C@@H]5CC[C@H]([C@H](C)CCCC(C)C)[C@@]5(C)CC[C@@H]43)C2)[C@H](O)[C@@H](O)[C@H]1O. The Hall–Kier alpha value is -0.990. The molecule has 14 atom stereocenters. The zero-order valence-electron chi connectivity index (χ0n) is 37.7. The molecule has 1 aliphatic heterocycles. The van der Waals surface area contributed by atoms with Crippen molar-refractivity contribution in [1.82, 2.24) is 0 Å². The minimum absolute atomic E-state index is 0.156. The molecular weight excluding hydrogens is 701 g/mol. The minimum atomic E-state index is -1.49. The Balaban J connectivity index is 1.05. The molecule has 2 unspecified atom stereocenters. The van der Waals surface area contributed by atoms with Crippen LogP contribution in [0, 0.1) is 46.3 Å². The van der Waals surface area contributed by atoms with Crippen molar-refractivity contribution in [3.63, 3.8) is 0 Å². The number of carbonyl (C=O) groups excluding carboxylic acids is 1. The van der Waals surface area contributed by atoms with E-state index in [2.05, 4.69) is 47.6 Å². The number of allylic oxidation sites excluding steroid dienone is 1. The molecule has 5 rings (SSSR count). The number of aliphatic hydroxyl groups is 3. The number of aliphatic hydroxyl groups excluding tert-OH is 3. The molecule has 1 saturated heterocycles. The molecule has 4 fully saturated rings. The van der Waals surface area contributed by atoms with E-state index in [1.54, 1.807) is 0 Å². The highest BCUT2D eigenvalue weighted by Gasteiger charge is 2.59. The number of esters is 1. The van der Waals surface area contributed by atoms with Crippen LogP contribution < -0.4 is 0 Å². The van der Waals surface area contributed by atoms with Crippen molar-refractivity contribution in [2.24, 2.45) is 46.3 Å². The summed E-state index contributed by atoms with van der Waals surface area (Å²) in [6, 6.07) is 0. The van der Waals surface area contributed by atoms with E-state index in [1.807, 2.05) is 0 Å². The Morgan fingerprint density at radius 1 is 0.821 bits per heavy atom. The van der Waals surface area contributed by atoms with Gasteiger partial charge < -0.3 is 29.5 Å². The van der Waals surface area contributed by atoms with E-state index in [1.165, 1.54) is 108 Å². The summed E-state index contributed by atoms with van der Waals surface area (Å²) in [5, 5.41) is 32.5. The quantitative estimate of drug-likeness (QED) is 0.0538. The predicted molar refractivity (Wildman–Crippen MR) is 226 cm³/mol. The van der Waals surface area contributed by atoms with Crippen LogP contribution in [0.15, 0.2) is 11.6 Å². The first-order valence-corrected chi connectivity index (χ1v) is 23.9. The summed E-state index contributed by atoms with van der Waals surface area (Å²) in [5.41, 5.74) is 2.09. The molecule has 4 aliphatic carbocycles. The van der Waals surface area contributed by atoms with E-state index >= 15 is 0 Å². The first-order valence-electron chi connectivity index (χ1n) is 24.5. The molecular formula is C49H86O7. The fourth-order valence-corrected chi connectivity index (χ4v) is 12.6. The van der Waals surface area contributed by atoms with Gasteiger partial charge in [-0.3, -0.25) is 4.79 Å². The topological polar surface area (TPSA) is 105 Å². The normalized spacial score (nSPS) is 38.2. The first kappa shape index (κ1) is 44.6. The van der Waals surface area contributed by atoms with Crippen molar-refractivity contribution in [2.45, 2.75) is 239 Å². The second-order valence-corrected chi connectivity index (χ2v) is 20.3. The zero-order chi connectivity index (χ0) is 41.2. The van der Waals surface area contributed by atoms with Gasteiger partial charge >= 0.3 is 5.97 Å². The maximum absolute atomic E-state index is 12.7. The first-order chi connectivity index (χ1) is 27.3. The molecule has 0 aromatic rings. The van der Waals surface area contributed by atoms with Crippen molar-refractivity contribution in [1.29, 1.82) is 0 Å². The van der Waals surface area contributed by atoms with Crippen LogP contribution in [-0.4, -0.2) is 64.7 Å². The molecule has 0 amide bonds. The van der Waals surface area contributed by atoms with Gasteiger partial charge in [0.15, 0.2) is 6.29 Å². The third-order valence-electron chi connectivity index (χ3n) is 16.0. The lowest BCUT2D eigenvalue weighted by Crippen LogP contribution is -2.60. The van der Waals surface area contributed by atoms with Gasteiger partial charge in [-0.2, -0.15) is 0 Å². The number of hydrogen-bond donors (Lipinski definition) is 3. The Morgan fingerprint density at radius 2 is 1.48 bits per heavy atom. The van der Waals surface area contributed by atoms with Gasteiger partial charge in [-0.1, -0.05) is 150 Å². The lowest BCUT2D eigenvalue weighted by Gasteiger charge is -2.58. The van der Waals surface area contributed by atoms with Crippen LogP contribution in [0.3, 0.4) is 0 Å². The Morgan fingerprint density at radius 3 is 2.14 bits per heavy atom. The number of unbranched alkanes of at least 4 members (excludes halogenated alkanes) is 11. The maximum atomic E-state index is 12.7. The van der Waals surface area contributed by atoms with E-state index in [4.69, 9.17) is 15.6 Å². The summed E-state index contributed by atoms with van der Waals surface area (Å²) in [5.74, 6) is 4.05. The highest BCUT2D eigenvalue weighted by molar-refractivity contribution is 5.69. The summed E-state index contributed by atoms with van der Waals surface area (Å²) >= 11 is 0. The van der Waals surface area contributed by atoms with Crippen LogP contribution in [0.5, 0.6) is 0 Å². The van der Waals surface area contributed by atoms with E-state index in [-0.39, 0.29) is 18.1 Å². The van der Waals surface area contributed by atoms with Gasteiger partial charge in [0.1, 0.15) is 31.0 Å². The van der Waals surface area contributed by atoms with Crippen molar-refractivity contribution >= 4 is 5.97 Å². The van der Waals surface area contributed by atoms with Gasteiger partial charge in [0, 0.05) is 7.77 Å². The van der Waals surface area contributed by atoms with Gasteiger partial charge in [-0.15, -0.1) is 0 Å². The van der Waals surface area contributed by atoms with Gasteiger partial charge in [-0.05, 0) is 104 Å². The number of fused-ring (bicyclic) bond motifs is 5. The van der Waals surface area contributed by atoms with E-state index in [9.17, 15) is 20.1 Å². The second kappa shape index (κ2) is 22.0. The Kier molecular flexibility index (Phi) is 17.5. The molecule has 5 aliphatic rings. The average Bonchev–Trinajstić information content (AvgIpc) is 3.55. The summed E-state index contributed by atoms with van der Waals surface area (Å²) in [6.45, 7) is 14.3. The van der Waals surface area contributed by atoms with Gasteiger partial charge in [0.25, 0.3) is 0 Å². The second-order valence-electron chi connectivity index (χ2n) is 20.3. The van der Waals surface area contributed by atoms with Crippen molar-refractivity contribution < 1.29 is 35.7 Å². The van der Waals surface area contributed by atoms with Crippen molar-refractivity contribution in [3.05, 3.63) is 11.6 Å². The number of hydrogen-bond acceptors (Lipinski definition) is 7. The minimum Gasteiger partial charge on any atom is -0.463 e. The summed E-state index contributed by atoms with van der Waals surface area (Å²) in [4.78, 5) is 12.7. The fourth-order valence-electron chi connectivity index (χ4n) is 12.6. The Bertz CT molecular complexity index is 1240. The molecule has 3 N–H and O–H groups in total. The molecule has 3 saturated carbocycles. The Labute approximate surface area is 344 Å². The average molecular weight is 788 g/mol. The number of carbonyl (C=O) groups is 1. The molecule has 324 valence electrons.